The smallest absolute Gasteiger partial charge is 0.410 e. The van der Waals surface area contributed by atoms with Gasteiger partial charge in [-0.1, -0.05) is 37.8 Å². The molecule has 2 aromatic rings. The van der Waals surface area contributed by atoms with Gasteiger partial charge in [0, 0.05) is 39.5 Å². The van der Waals surface area contributed by atoms with E-state index in [2.05, 4.69) is 25.7 Å². The molecule has 0 N–H and O–H groups in total. The van der Waals surface area contributed by atoms with Crippen LogP contribution in [0.3, 0.4) is 0 Å². The molecule has 3 rings (SSSR count). The Morgan fingerprint density at radius 2 is 1.75 bits per heavy atom. The number of ether oxygens (including phenoxy) is 3. The van der Waals surface area contributed by atoms with E-state index in [1.807, 2.05) is 76.7 Å². The first-order chi connectivity index (χ1) is 18.5. The molecule has 222 valence electrons. The summed E-state index contributed by atoms with van der Waals surface area (Å²) in [5.74, 6) is -0.619. The number of amides is 1. The van der Waals surface area contributed by atoms with Gasteiger partial charge in [0.25, 0.3) is 0 Å². The molecule has 0 bridgehead atoms. The highest BCUT2D eigenvalue weighted by molar-refractivity contribution is 6.76. The minimum absolute atomic E-state index is 0.0152. The Bertz CT molecular complexity index is 1140. The predicted molar refractivity (Wildman–Crippen MR) is 161 cm³/mol. The molecule has 1 saturated heterocycles. The number of aromatic nitrogens is 2. The van der Waals surface area contributed by atoms with Gasteiger partial charge < -0.3 is 19.1 Å². The van der Waals surface area contributed by atoms with Gasteiger partial charge in [-0.3, -0.25) is 4.79 Å². The van der Waals surface area contributed by atoms with Crippen LogP contribution in [-0.4, -0.2) is 65.7 Å². The molecule has 1 aromatic heterocycles. The normalized spacial score (nSPS) is 17.1. The summed E-state index contributed by atoms with van der Waals surface area (Å²) in [6.45, 7) is 20.5. The molecule has 8 nitrogen and oxygen atoms in total. The van der Waals surface area contributed by atoms with E-state index in [1.54, 1.807) is 4.90 Å². The Balaban J connectivity index is 1.72. The van der Waals surface area contributed by atoms with Gasteiger partial charge in [-0.2, -0.15) is 5.10 Å². The van der Waals surface area contributed by atoms with Gasteiger partial charge in [-0.05, 0) is 84.0 Å². The average molecular weight is 572 g/mol. The molecule has 0 radical (unpaired) electrons. The maximum Gasteiger partial charge on any atom is 0.410 e. The lowest BCUT2D eigenvalue weighted by Gasteiger charge is -2.28. The zero-order chi connectivity index (χ0) is 29.7. The number of esters is 1. The number of benzene rings is 1. The molecule has 1 amide bonds. The lowest BCUT2D eigenvalue weighted by molar-refractivity contribution is -0.161. The van der Waals surface area contributed by atoms with E-state index >= 15 is 0 Å². The third kappa shape index (κ3) is 10.4. The van der Waals surface area contributed by atoms with Gasteiger partial charge in [-0.15, -0.1) is 0 Å². The van der Waals surface area contributed by atoms with Crippen molar-refractivity contribution in [3.05, 3.63) is 42.1 Å². The summed E-state index contributed by atoms with van der Waals surface area (Å²) in [7, 11) is -1.13. The van der Waals surface area contributed by atoms with Crippen LogP contribution in [0.15, 0.2) is 36.5 Å². The number of likely N-dealkylation sites (tertiary alicyclic amines) is 1. The topological polar surface area (TPSA) is 82.9 Å². The van der Waals surface area contributed by atoms with Gasteiger partial charge >= 0.3 is 12.1 Å². The molecular weight excluding hydrogens is 522 g/mol. The third-order valence-electron chi connectivity index (χ3n) is 6.69. The van der Waals surface area contributed by atoms with Crippen LogP contribution in [-0.2, 0) is 32.2 Å². The van der Waals surface area contributed by atoms with Gasteiger partial charge in [0.1, 0.15) is 17.9 Å². The fraction of sp³-hybridized carbons (Fsp3) is 0.645. The van der Waals surface area contributed by atoms with Crippen molar-refractivity contribution < 1.29 is 23.8 Å². The van der Waals surface area contributed by atoms with Crippen molar-refractivity contribution in [2.24, 2.45) is 11.8 Å². The van der Waals surface area contributed by atoms with Gasteiger partial charge in [0.2, 0.25) is 0 Å². The first-order valence-corrected chi connectivity index (χ1v) is 18.1. The number of nitrogens with zero attached hydrogens (tertiary/aromatic N) is 3. The fourth-order valence-electron chi connectivity index (χ4n) is 4.66. The van der Waals surface area contributed by atoms with Crippen LogP contribution in [0.2, 0.25) is 25.7 Å². The molecule has 0 spiro atoms. The highest BCUT2D eigenvalue weighted by Crippen LogP contribution is 2.31. The van der Waals surface area contributed by atoms with E-state index in [1.165, 1.54) is 0 Å². The molecule has 40 heavy (non-hydrogen) atoms. The Labute approximate surface area is 241 Å². The second-order valence-corrected chi connectivity index (χ2v) is 19.7. The number of hydrogen-bond acceptors (Lipinski definition) is 6. The van der Waals surface area contributed by atoms with Crippen molar-refractivity contribution in [3.63, 3.8) is 0 Å². The molecule has 0 saturated carbocycles. The lowest BCUT2D eigenvalue weighted by Crippen LogP contribution is -2.38. The van der Waals surface area contributed by atoms with Crippen LogP contribution in [0.25, 0.3) is 11.3 Å². The largest absolute Gasteiger partial charge is 0.460 e. The van der Waals surface area contributed by atoms with Crippen LogP contribution in [0.1, 0.15) is 53.5 Å². The maximum absolute atomic E-state index is 13.4. The van der Waals surface area contributed by atoms with Crippen molar-refractivity contribution in [2.45, 2.75) is 98.0 Å². The fourth-order valence-corrected chi connectivity index (χ4v) is 5.42. The molecule has 0 unspecified atom stereocenters. The summed E-state index contributed by atoms with van der Waals surface area (Å²) in [4.78, 5) is 27.8. The third-order valence-corrected chi connectivity index (χ3v) is 8.40. The summed E-state index contributed by atoms with van der Waals surface area (Å²) >= 11 is 0. The molecular formula is C31H49N3O5Si. The van der Waals surface area contributed by atoms with Crippen LogP contribution >= 0.6 is 0 Å². The lowest BCUT2D eigenvalue weighted by atomic mass is 9.85. The van der Waals surface area contributed by atoms with Crippen LogP contribution in [0.4, 0.5) is 4.79 Å². The second-order valence-electron chi connectivity index (χ2n) is 14.1. The summed E-state index contributed by atoms with van der Waals surface area (Å²) in [6, 6.07) is 11.3. The second kappa shape index (κ2) is 12.9. The Morgan fingerprint density at radius 3 is 2.40 bits per heavy atom. The molecule has 2 heterocycles. The van der Waals surface area contributed by atoms with Crippen molar-refractivity contribution in [3.8, 4) is 11.3 Å². The average Bonchev–Trinajstić information content (AvgIpc) is 3.48. The number of rotatable bonds is 10. The van der Waals surface area contributed by atoms with Gasteiger partial charge in [0.05, 0.1) is 11.6 Å². The first-order valence-electron chi connectivity index (χ1n) is 14.4. The van der Waals surface area contributed by atoms with Crippen molar-refractivity contribution >= 4 is 20.1 Å². The molecule has 1 aromatic carbocycles. The zero-order valence-electron chi connectivity index (χ0n) is 26.0. The van der Waals surface area contributed by atoms with Crippen molar-refractivity contribution in [1.82, 2.24) is 14.7 Å². The van der Waals surface area contributed by atoms with E-state index in [9.17, 15) is 9.59 Å². The molecule has 1 aliphatic heterocycles. The van der Waals surface area contributed by atoms with Crippen LogP contribution in [0, 0.1) is 11.8 Å². The predicted octanol–water partition coefficient (Wildman–Crippen LogP) is 6.62. The van der Waals surface area contributed by atoms with E-state index in [0.29, 0.717) is 26.2 Å². The van der Waals surface area contributed by atoms with Gasteiger partial charge in [-0.25, -0.2) is 9.48 Å². The van der Waals surface area contributed by atoms with Crippen LogP contribution < -0.4 is 0 Å². The van der Waals surface area contributed by atoms with Crippen molar-refractivity contribution in [2.75, 3.05) is 19.7 Å². The summed E-state index contributed by atoms with van der Waals surface area (Å²) < 4.78 is 19.1. The van der Waals surface area contributed by atoms with E-state index < -0.39 is 19.3 Å². The highest BCUT2D eigenvalue weighted by atomic mass is 28.3. The zero-order valence-corrected chi connectivity index (χ0v) is 27.0. The van der Waals surface area contributed by atoms with E-state index in [4.69, 9.17) is 19.3 Å². The quantitative estimate of drug-likeness (QED) is 0.181. The summed E-state index contributed by atoms with van der Waals surface area (Å²) in [5, 5.41) is 4.71. The van der Waals surface area contributed by atoms with E-state index in [-0.39, 0.29) is 23.9 Å². The summed E-state index contributed by atoms with van der Waals surface area (Å²) in [6.07, 6.45) is 2.85. The summed E-state index contributed by atoms with van der Waals surface area (Å²) in [5.41, 5.74) is 1.73. The standard InChI is InChI=1S/C31H49N3O5Si/c1-30(2,3)38-28(35)26(25-13-15-33(21-25)29(36)39-31(4,5)6)20-23-11-10-12-24(19-23)27-14-16-34(32-27)22-37-17-18-40(7,8)9/h10-12,14,16,19,25-26H,13,15,17-18,20-22H2,1-9H3/t25-,26-/m0/s1. The maximum atomic E-state index is 13.4. The molecule has 1 aliphatic rings. The van der Waals surface area contributed by atoms with Crippen molar-refractivity contribution in [1.29, 1.82) is 0 Å². The Kier molecular flexibility index (Phi) is 10.3. The SMILES string of the molecule is CC(C)(C)OC(=O)[C@@H](Cc1cccc(-c2ccn(COCC[Si](C)(C)C)n2)c1)[C@H]1CCN(C(=O)OC(C)(C)C)C1. The highest BCUT2D eigenvalue weighted by Gasteiger charge is 2.39. The number of carbonyl (C=O) groups is 2. The Morgan fingerprint density at radius 1 is 1.05 bits per heavy atom. The number of carbonyl (C=O) groups excluding carboxylic acids is 2. The minimum atomic E-state index is -1.13. The molecule has 1 fully saturated rings. The van der Waals surface area contributed by atoms with E-state index in [0.717, 1.165) is 35.9 Å². The minimum Gasteiger partial charge on any atom is -0.460 e. The monoisotopic (exact) mass is 571 g/mol. The van der Waals surface area contributed by atoms with Crippen LogP contribution in [0.5, 0.6) is 0 Å². The molecule has 9 heteroatoms. The molecule has 2 atom stereocenters. The first kappa shape index (κ1) is 31.9. The number of hydrogen-bond donors (Lipinski definition) is 0. The molecule has 0 aliphatic carbocycles. The van der Waals surface area contributed by atoms with Gasteiger partial charge in [0.15, 0.2) is 0 Å². The Hall–Kier alpha value is -2.65.